The van der Waals surface area contributed by atoms with Crippen molar-refractivity contribution in [1.29, 1.82) is 0 Å². The highest BCUT2D eigenvalue weighted by molar-refractivity contribution is 5.88. The Morgan fingerprint density at radius 2 is 2.17 bits per heavy atom. The molecule has 18 heavy (non-hydrogen) atoms. The number of carbonyl (C=O) groups excluding carboxylic acids is 1. The van der Waals surface area contributed by atoms with Crippen LogP contribution < -0.4 is 5.73 Å². The lowest BCUT2D eigenvalue weighted by Crippen LogP contribution is -2.36. The predicted octanol–water partition coefficient (Wildman–Crippen LogP) is 0.921. The fourth-order valence-corrected chi connectivity index (χ4v) is 1.78. The number of nitrogens with zero attached hydrogens (tertiary/aromatic N) is 1. The molecule has 0 aliphatic heterocycles. The van der Waals surface area contributed by atoms with Crippen molar-refractivity contribution in [2.45, 2.75) is 20.4 Å². The summed E-state index contributed by atoms with van der Waals surface area (Å²) in [6.45, 7) is 5.00. The quantitative estimate of drug-likeness (QED) is 0.754. The molecule has 1 amide bonds. The number of carboxylic acids is 1. The number of carboxylic acid groups (broad SMARTS) is 1. The first-order valence-corrected chi connectivity index (χ1v) is 5.70. The highest BCUT2D eigenvalue weighted by Gasteiger charge is 2.18. The van der Waals surface area contributed by atoms with Gasteiger partial charge in [-0.2, -0.15) is 0 Å². The normalized spacial score (nSPS) is 11.1. The van der Waals surface area contributed by atoms with Crippen LogP contribution in [0.5, 0.6) is 0 Å². The van der Waals surface area contributed by atoms with Gasteiger partial charge in [-0.1, -0.05) is 13.8 Å². The fraction of sp³-hybridized carbons (Fsp3) is 0.500. The minimum Gasteiger partial charge on any atom is -0.478 e. The summed E-state index contributed by atoms with van der Waals surface area (Å²) in [4.78, 5) is 23.7. The summed E-state index contributed by atoms with van der Waals surface area (Å²) < 4.78 is 5.14. The molecule has 0 bridgehead atoms. The van der Waals surface area contributed by atoms with Crippen LogP contribution in [-0.2, 0) is 11.3 Å². The molecule has 1 rings (SSSR count). The Balaban J connectivity index is 2.78. The number of carbonyl (C=O) groups is 2. The Labute approximate surface area is 105 Å². The van der Waals surface area contributed by atoms with Gasteiger partial charge in [0.2, 0.25) is 5.91 Å². The van der Waals surface area contributed by atoms with Gasteiger partial charge in [0.1, 0.15) is 11.3 Å². The molecule has 0 fully saturated rings. The SMILES string of the molecule is CC(C)CN(CC(N)=O)Cc1occc1C(=O)O. The van der Waals surface area contributed by atoms with E-state index in [0.717, 1.165) is 0 Å². The predicted molar refractivity (Wildman–Crippen MR) is 65.0 cm³/mol. The Morgan fingerprint density at radius 3 is 2.67 bits per heavy atom. The number of rotatable bonds is 7. The van der Waals surface area contributed by atoms with Crippen LogP contribution >= 0.6 is 0 Å². The van der Waals surface area contributed by atoms with Crippen LogP contribution in [0.1, 0.15) is 30.0 Å². The van der Waals surface area contributed by atoms with E-state index in [9.17, 15) is 9.59 Å². The van der Waals surface area contributed by atoms with Gasteiger partial charge in [-0.3, -0.25) is 9.69 Å². The van der Waals surface area contributed by atoms with Crippen molar-refractivity contribution < 1.29 is 19.1 Å². The second-order valence-corrected chi connectivity index (χ2v) is 4.59. The number of amides is 1. The average molecular weight is 254 g/mol. The summed E-state index contributed by atoms with van der Waals surface area (Å²) in [5.41, 5.74) is 5.29. The molecule has 0 radical (unpaired) electrons. The highest BCUT2D eigenvalue weighted by Crippen LogP contribution is 2.14. The van der Waals surface area contributed by atoms with Gasteiger partial charge in [-0.25, -0.2) is 4.79 Å². The van der Waals surface area contributed by atoms with Crippen molar-refractivity contribution in [3.63, 3.8) is 0 Å². The maximum atomic E-state index is 11.0. The summed E-state index contributed by atoms with van der Waals surface area (Å²) in [7, 11) is 0. The molecule has 6 heteroatoms. The minimum absolute atomic E-state index is 0.0813. The molecule has 0 spiro atoms. The molecule has 1 aromatic rings. The van der Waals surface area contributed by atoms with Gasteiger partial charge in [-0.05, 0) is 12.0 Å². The van der Waals surface area contributed by atoms with E-state index in [2.05, 4.69) is 0 Å². The smallest absolute Gasteiger partial charge is 0.339 e. The number of nitrogens with two attached hydrogens (primary N) is 1. The summed E-state index contributed by atoms with van der Waals surface area (Å²) >= 11 is 0. The molecule has 0 aliphatic carbocycles. The van der Waals surface area contributed by atoms with E-state index in [4.69, 9.17) is 15.3 Å². The maximum absolute atomic E-state index is 11.0. The van der Waals surface area contributed by atoms with Crippen LogP contribution in [0.25, 0.3) is 0 Å². The van der Waals surface area contributed by atoms with Gasteiger partial charge < -0.3 is 15.3 Å². The summed E-state index contributed by atoms with van der Waals surface area (Å²) in [5, 5.41) is 8.96. The van der Waals surface area contributed by atoms with Crippen molar-refractivity contribution in [2.24, 2.45) is 11.7 Å². The standard InChI is InChI=1S/C12H18N2O4/c1-8(2)5-14(7-11(13)15)6-10-9(12(16)17)3-4-18-10/h3-4,8H,5-7H2,1-2H3,(H2,13,15)(H,16,17). The number of hydrogen-bond acceptors (Lipinski definition) is 4. The van der Waals surface area contributed by atoms with Crippen LogP contribution in [0, 0.1) is 5.92 Å². The lowest BCUT2D eigenvalue weighted by Gasteiger charge is -2.21. The molecule has 0 aromatic carbocycles. The van der Waals surface area contributed by atoms with E-state index < -0.39 is 11.9 Å². The van der Waals surface area contributed by atoms with Gasteiger partial charge in [0.05, 0.1) is 19.4 Å². The van der Waals surface area contributed by atoms with Gasteiger partial charge in [0.25, 0.3) is 0 Å². The average Bonchev–Trinajstić information content (AvgIpc) is 2.63. The van der Waals surface area contributed by atoms with Crippen molar-refractivity contribution in [3.8, 4) is 0 Å². The maximum Gasteiger partial charge on any atom is 0.339 e. The van der Waals surface area contributed by atoms with E-state index in [0.29, 0.717) is 18.2 Å². The molecule has 0 saturated heterocycles. The second kappa shape index (κ2) is 6.20. The van der Waals surface area contributed by atoms with Crippen molar-refractivity contribution in [2.75, 3.05) is 13.1 Å². The van der Waals surface area contributed by atoms with Gasteiger partial charge >= 0.3 is 5.97 Å². The lowest BCUT2D eigenvalue weighted by molar-refractivity contribution is -0.119. The largest absolute Gasteiger partial charge is 0.478 e. The third kappa shape index (κ3) is 4.21. The molecular weight excluding hydrogens is 236 g/mol. The molecule has 1 aromatic heterocycles. The van der Waals surface area contributed by atoms with Crippen molar-refractivity contribution in [1.82, 2.24) is 4.90 Å². The molecule has 0 atom stereocenters. The fourth-order valence-electron chi connectivity index (χ4n) is 1.78. The summed E-state index contributed by atoms with van der Waals surface area (Å²) in [6.07, 6.45) is 1.33. The van der Waals surface area contributed by atoms with E-state index in [1.54, 1.807) is 4.90 Å². The third-order valence-electron chi connectivity index (χ3n) is 2.35. The Hall–Kier alpha value is -1.82. The monoisotopic (exact) mass is 254 g/mol. The van der Waals surface area contributed by atoms with Crippen LogP contribution in [0.2, 0.25) is 0 Å². The summed E-state index contributed by atoms with van der Waals surface area (Å²) in [6, 6.07) is 1.40. The number of hydrogen-bond donors (Lipinski definition) is 2. The van der Waals surface area contributed by atoms with Crippen LogP contribution in [0.3, 0.4) is 0 Å². The first-order valence-electron chi connectivity index (χ1n) is 5.70. The van der Waals surface area contributed by atoms with Crippen LogP contribution in [0.4, 0.5) is 0 Å². The highest BCUT2D eigenvalue weighted by atomic mass is 16.4. The molecule has 100 valence electrons. The molecule has 0 aliphatic rings. The first kappa shape index (κ1) is 14.2. The van der Waals surface area contributed by atoms with E-state index in [1.807, 2.05) is 13.8 Å². The van der Waals surface area contributed by atoms with Crippen molar-refractivity contribution in [3.05, 3.63) is 23.7 Å². The van der Waals surface area contributed by atoms with E-state index >= 15 is 0 Å². The van der Waals surface area contributed by atoms with Crippen LogP contribution in [-0.4, -0.2) is 35.0 Å². The lowest BCUT2D eigenvalue weighted by atomic mass is 10.2. The Kier molecular flexibility index (Phi) is 4.91. The summed E-state index contributed by atoms with van der Waals surface area (Å²) in [5.74, 6) is -0.807. The van der Waals surface area contributed by atoms with Crippen molar-refractivity contribution >= 4 is 11.9 Å². The van der Waals surface area contributed by atoms with Gasteiger partial charge in [0, 0.05) is 6.54 Å². The minimum atomic E-state index is -1.04. The first-order chi connectivity index (χ1) is 8.40. The van der Waals surface area contributed by atoms with Gasteiger partial charge in [-0.15, -0.1) is 0 Å². The molecule has 0 saturated carbocycles. The Morgan fingerprint density at radius 1 is 1.50 bits per heavy atom. The van der Waals surface area contributed by atoms with E-state index in [-0.39, 0.29) is 18.7 Å². The number of aromatic carboxylic acids is 1. The number of primary amides is 1. The molecule has 0 unspecified atom stereocenters. The molecule has 1 heterocycles. The molecular formula is C12H18N2O4. The Bertz CT molecular complexity index is 425. The van der Waals surface area contributed by atoms with Crippen LogP contribution in [0.15, 0.2) is 16.7 Å². The second-order valence-electron chi connectivity index (χ2n) is 4.59. The number of furan rings is 1. The molecule has 3 N–H and O–H groups in total. The zero-order chi connectivity index (χ0) is 13.7. The molecule has 6 nitrogen and oxygen atoms in total. The van der Waals surface area contributed by atoms with Gasteiger partial charge in [0.15, 0.2) is 0 Å². The third-order valence-corrected chi connectivity index (χ3v) is 2.35. The topological polar surface area (TPSA) is 96.8 Å². The van der Waals surface area contributed by atoms with E-state index in [1.165, 1.54) is 12.3 Å². The zero-order valence-electron chi connectivity index (χ0n) is 10.5. The zero-order valence-corrected chi connectivity index (χ0v) is 10.5.